The molecule has 4 rings (SSSR count). The molecule has 10 heteroatoms. The fourth-order valence-corrected chi connectivity index (χ4v) is 3.95. The van der Waals surface area contributed by atoms with Gasteiger partial charge in [0.2, 0.25) is 5.91 Å². The van der Waals surface area contributed by atoms with E-state index in [1.165, 1.54) is 23.5 Å². The van der Waals surface area contributed by atoms with E-state index in [4.69, 9.17) is 11.6 Å². The summed E-state index contributed by atoms with van der Waals surface area (Å²) in [5.74, 6) is -0.493. The van der Waals surface area contributed by atoms with Crippen LogP contribution in [0, 0.1) is 10.1 Å². The largest absolute Gasteiger partial charge is 0.326 e. The molecule has 2 aromatic carbocycles. The van der Waals surface area contributed by atoms with E-state index in [0.717, 1.165) is 22.9 Å². The Balaban J connectivity index is 1.52. The van der Waals surface area contributed by atoms with Crippen molar-refractivity contribution in [1.29, 1.82) is 0 Å². The molecule has 0 atom stereocenters. The summed E-state index contributed by atoms with van der Waals surface area (Å²) in [5.41, 5.74) is 3.36. The van der Waals surface area contributed by atoms with Gasteiger partial charge in [0.15, 0.2) is 5.13 Å². The Hall–Kier alpha value is -3.30. The molecule has 3 aromatic rings. The molecule has 2 amide bonds. The molecule has 0 saturated heterocycles. The third kappa shape index (κ3) is 3.96. The molecule has 2 heterocycles. The number of amides is 2. The van der Waals surface area contributed by atoms with Gasteiger partial charge in [0.05, 0.1) is 21.2 Å². The summed E-state index contributed by atoms with van der Waals surface area (Å²) in [4.78, 5) is 38.6. The number of carbonyl (C=O) groups excluding carboxylic acids is 2. The summed E-state index contributed by atoms with van der Waals surface area (Å²) in [6.07, 6.45) is 1.12. The quantitative estimate of drug-likeness (QED) is 0.468. The number of anilines is 2. The lowest BCUT2D eigenvalue weighted by molar-refractivity contribution is -0.384. The monoisotopic (exact) mass is 428 g/mol. The van der Waals surface area contributed by atoms with Gasteiger partial charge in [-0.3, -0.25) is 25.0 Å². The average molecular weight is 429 g/mol. The summed E-state index contributed by atoms with van der Waals surface area (Å²) in [7, 11) is 0. The maximum Gasteiger partial charge on any atom is 0.270 e. The number of rotatable bonds is 4. The van der Waals surface area contributed by atoms with Crippen molar-refractivity contribution in [2.45, 2.75) is 12.8 Å². The van der Waals surface area contributed by atoms with Crippen LogP contribution in [-0.2, 0) is 11.2 Å². The van der Waals surface area contributed by atoms with Gasteiger partial charge < -0.3 is 5.32 Å². The van der Waals surface area contributed by atoms with Gasteiger partial charge in [-0.05, 0) is 30.2 Å². The molecular formula is C19H13ClN4O4S. The number of nitrogens with zero attached hydrogens (tertiary/aromatic N) is 2. The summed E-state index contributed by atoms with van der Waals surface area (Å²) < 4.78 is 0. The lowest BCUT2D eigenvalue weighted by Crippen LogP contribution is -2.18. The van der Waals surface area contributed by atoms with Crippen molar-refractivity contribution < 1.29 is 14.5 Å². The van der Waals surface area contributed by atoms with E-state index in [1.807, 2.05) is 23.6 Å². The van der Waals surface area contributed by atoms with E-state index >= 15 is 0 Å². The van der Waals surface area contributed by atoms with Gasteiger partial charge in [0, 0.05) is 35.2 Å². The summed E-state index contributed by atoms with van der Waals surface area (Å²) in [6, 6.07) is 9.34. The van der Waals surface area contributed by atoms with Crippen LogP contribution in [0.2, 0.25) is 5.02 Å². The molecule has 1 aliphatic rings. The molecule has 0 spiro atoms. The van der Waals surface area contributed by atoms with Gasteiger partial charge >= 0.3 is 0 Å². The van der Waals surface area contributed by atoms with Crippen molar-refractivity contribution in [3.63, 3.8) is 0 Å². The molecule has 0 unspecified atom stereocenters. The number of nitrogens with one attached hydrogen (secondary N) is 2. The maximum atomic E-state index is 12.4. The van der Waals surface area contributed by atoms with Crippen molar-refractivity contribution in [3.05, 3.63) is 68.0 Å². The predicted molar refractivity (Wildman–Crippen MR) is 111 cm³/mol. The van der Waals surface area contributed by atoms with Crippen LogP contribution in [-0.4, -0.2) is 21.7 Å². The predicted octanol–water partition coefficient (Wildman–Crippen LogP) is 4.51. The highest BCUT2D eigenvalue weighted by Gasteiger charge is 2.18. The maximum absolute atomic E-state index is 12.4. The van der Waals surface area contributed by atoms with Crippen LogP contribution in [0.4, 0.5) is 16.5 Å². The van der Waals surface area contributed by atoms with E-state index < -0.39 is 10.8 Å². The average Bonchev–Trinajstić information content (AvgIpc) is 3.15. The van der Waals surface area contributed by atoms with Crippen molar-refractivity contribution in [2.75, 3.05) is 10.6 Å². The van der Waals surface area contributed by atoms with Gasteiger partial charge in [0.25, 0.3) is 11.6 Å². The number of halogens is 1. The first-order valence-corrected chi connectivity index (χ1v) is 9.80. The second kappa shape index (κ2) is 7.61. The van der Waals surface area contributed by atoms with Crippen LogP contribution in [0.15, 0.2) is 41.8 Å². The number of aryl methyl sites for hydroxylation is 1. The van der Waals surface area contributed by atoms with Gasteiger partial charge in [-0.25, -0.2) is 4.98 Å². The third-order valence-corrected chi connectivity index (χ3v) is 5.50. The SMILES string of the molecule is O=C1CCc2cc(-c3csc(NC(=O)c4ccc([N+](=O)[O-])cc4Cl)n3)ccc2N1. The Bertz CT molecular complexity index is 1160. The minimum atomic E-state index is -0.579. The number of aromatic nitrogens is 1. The van der Waals surface area contributed by atoms with E-state index in [1.54, 1.807) is 0 Å². The van der Waals surface area contributed by atoms with Crippen molar-refractivity contribution in [2.24, 2.45) is 0 Å². The summed E-state index contributed by atoms with van der Waals surface area (Å²) in [5, 5.41) is 18.5. The van der Waals surface area contributed by atoms with Crippen molar-refractivity contribution in [3.8, 4) is 11.3 Å². The lowest BCUT2D eigenvalue weighted by Gasteiger charge is -2.17. The number of nitro groups is 1. The number of nitro benzene ring substituents is 1. The second-order valence-corrected chi connectivity index (χ2v) is 7.60. The first-order valence-electron chi connectivity index (χ1n) is 8.54. The number of benzene rings is 2. The molecule has 29 heavy (non-hydrogen) atoms. The standard InChI is InChI=1S/C19H13ClN4O4S/c20-14-8-12(24(27)28)3-4-13(14)18(26)23-19-22-16(9-29-19)11-1-5-15-10(7-11)2-6-17(25)21-15/h1,3-5,7-9H,2,6H2,(H,21,25)(H,22,23,26). The first-order chi connectivity index (χ1) is 13.9. The van der Waals surface area contributed by atoms with Crippen molar-refractivity contribution >= 4 is 51.3 Å². The molecular weight excluding hydrogens is 416 g/mol. The molecule has 2 N–H and O–H groups in total. The highest BCUT2D eigenvalue weighted by Crippen LogP contribution is 2.31. The Morgan fingerprint density at radius 3 is 2.83 bits per heavy atom. The van der Waals surface area contributed by atoms with Gasteiger partial charge in [-0.15, -0.1) is 11.3 Å². The van der Waals surface area contributed by atoms with Gasteiger partial charge in [-0.2, -0.15) is 0 Å². The molecule has 1 aromatic heterocycles. The van der Waals surface area contributed by atoms with Crippen LogP contribution >= 0.6 is 22.9 Å². The zero-order chi connectivity index (χ0) is 20.5. The van der Waals surface area contributed by atoms with Gasteiger partial charge in [0.1, 0.15) is 0 Å². The van der Waals surface area contributed by atoms with Crippen LogP contribution < -0.4 is 10.6 Å². The Morgan fingerprint density at radius 1 is 1.24 bits per heavy atom. The number of hydrogen-bond acceptors (Lipinski definition) is 6. The topological polar surface area (TPSA) is 114 Å². The molecule has 8 nitrogen and oxygen atoms in total. The van der Waals surface area contributed by atoms with E-state index in [0.29, 0.717) is 23.7 Å². The highest BCUT2D eigenvalue weighted by molar-refractivity contribution is 7.14. The smallest absolute Gasteiger partial charge is 0.270 e. The molecule has 0 bridgehead atoms. The molecule has 0 aliphatic carbocycles. The normalized spacial score (nSPS) is 12.8. The second-order valence-electron chi connectivity index (χ2n) is 6.33. The molecule has 0 saturated carbocycles. The number of non-ortho nitro benzene ring substituents is 1. The zero-order valence-corrected chi connectivity index (χ0v) is 16.3. The van der Waals surface area contributed by atoms with Crippen LogP contribution in [0.3, 0.4) is 0 Å². The van der Waals surface area contributed by atoms with Crippen LogP contribution in [0.25, 0.3) is 11.3 Å². The number of hydrogen-bond donors (Lipinski definition) is 2. The first kappa shape index (κ1) is 19.0. The minimum absolute atomic E-state index is 0.00816. The molecule has 146 valence electrons. The fraction of sp³-hybridized carbons (Fsp3) is 0.105. The third-order valence-electron chi connectivity index (χ3n) is 4.43. The van der Waals surface area contributed by atoms with Crippen LogP contribution in [0.5, 0.6) is 0 Å². The lowest BCUT2D eigenvalue weighted by atomic mass is 9.99. The number of carbonyl (C=O) groups is 2. The summed E-state index contributed by atoms with van der Waals surface area (Å²) >= 11 is 7.26. The zero-order valence-electron chi connectivity index (χ0n) is 14.8. The minimum Gasteiger partial charge on any atom is -0.326 e. The Labute approximate surface area is 173 Å². The fourth-order valence-electron chi connectivity index (χ4n) is 2.97. The van der Waals surface area contributed by atoms with Crippen LogP contribution in [0.1, 0.15) is 22.3 Å². The van der Waals surface area contributed by atoms with Gasteiger partial charge in [-0.1, -0.05) is 17.7 Å². The number of fused-ring (bicyclic) bond motifs is 1. The van der Waals surface area contributed by atoms with Crippen molar-refractivity contribution in [1.82, 2.24) is 4.98 Å². The Morgan fingerprint density at radius 2 is 2.07 bits per heavy atom. The summed E-state index contributed by atoms with van der Waals surface area (Å²) in [6.45, 7) is 0. The molecule has 0 radical (unpaired) electrons. The highest BCUT2D eigenvalue weighted by atomic mass is 35.5. The van der Waals surface area contributed by atoms with E-state index in [-0.39, 0.29) is 22.2 Å². The van der Waals surface area contributed by atoms with E-state index in [2.05, 4.69) is 15.6 Å². The number of thiazole rings is 1. The van der Waals surface area contributed by atoms with E-state index in [9.17, 15) is 19.7 Å². The molecule has 1 aliphatic heterocycles. The Kier molecular flexibility index (Phi) is 4.99. The molecule has 0 fully saturated rings.